The lowest BCUT2D eigenvalue weighted by molar-refractivity contribution is -0.205. The molecule has 0 aromatic rings. The van der Waals surface area contributed by atoms with E-state index >= 15 is 0 Å². The molecule has 0 aromatic heterocycles. The predicted molar refractivity (Wildman–Crippen MR) is 190 cm³/mol. The van der Waals surface area contributed by atoms with Gasteiger partial charge in [0.1, 0.15) is 33.0 Å². The summed E-state index contributed by atoms with van der Waals surface area (Å²) in [5.74, 6) is 4.05. The van der Waals surface area contributed by atoms with Crippen LogP contribution in [0.4, 0.5) is 13.2 Å². The van der Waals surface area contributed by atoms with Crippen molar-refractivity contribution in [3.63, 3.8) is 0 Å². The van der Waals surface area contributed by atoms with E-state index in [0.717, 1.165) is 19.3 Å². The summed E-state index contributed by atoms with van der Waals surface area (Å²) < 4.78 is 85.2. The lowest BCUT2D eigenvalue weighted by atomic mass is 9.86. The Morgan fingerprint density at radius 2 is 0.906 bits per heavy atom. The number of hydrogen-bond donors (Lipinski definition) is 0. The average molecular weight is 765 g/mol. The van der Waals surface area contributed by atoms with Crippen molar-refractivity contribution in [2.24, 2.45) is 16.2 Å². The molecule has 0 amide bonds. The fourth-order valence-corrected chi connectivity index (χ4v) is 4.43. The standard InChI is InChI=1S/C22H31F3O7.C16H28O5/c1-6-10-28-12-20(8-3,16-31-18(5)26)14-30-15-21(9-4,13-29-11-7-2)17-32-19(27)22(23,24)25;1-5-9-19-13-16(6-2,12-18-4)14-20-10-7-8-11-21-15(3)17/h1-2H,8-17H2,3-5H3;1H,6-14H2,2-4H3. The van der Waals surface area contributed by atoms with Gasteiger partial charge in [-0.05, 0) is 32.1 Å². The van der Waals surface area contributed by atoms with E-state index in [1.807, 2.05) is 6.92 Å². The van der Waals surface area contributed by atoms with Crippen LogP contribution in [0.1, 0.15) is 66.7 Å². The number of methoxy groups -OCH3 is 1. The van der Waals surface area contributed by atoms with E-state index in [0.29, 0.717) is 46.1 Å². The molecular weight excluding hydrogens is 705 g/mol. The monoisotopic (exact) mass is 764 g/mol. The number of alkyl halides is 3. The SMILES string of the molecule is C#CCOCC(CC)(COC)COCCCCOC(C)=O.C#CCOCC(CC)(COCC(CC)(COCC#C)COC(=O)C(F)(F)F)COC(C)=O. The summed E-state index contributed by atoms with van der Waals surface area (Å²) in [4.78, 5) is 33.1. The van der Waals surface area contributed by atoms with Crippen LogP contribution in [-0.2, 0) is 57.0 Å². The Hall–Kier alpha value is -3.36. The summed E-state index contributed by atoms with van der Waals surface area (Å²) in [5.41, 5.74) is -1.97. The number of hydrogen-bond acceptors (Lipinski definition) is 12. The predicted octanol–water partition coefficient (Wildman–Crippen LogP) is 4.80. The number of rotatable bonds is 29. The molecule has 0 radical (unpaired) electrons. The largest absolute Gasteiger partial charge is 0.490 e. The molecule has 0 aliphatic carbocycles. The Morgan fingerprint density at radius 3 is 1.28 bits per heavy atom. The molecule has 0 rings (SSSR count). The minimum Gasteiger partial charge on any atom is -0.466 e. The highest BCUT2D eigenvalue weighted by Gasteiger charge is 2.43. The summed E-state index contributed by atoms with van der Waals surface area (Å²) >= 11 is 0. The second kappa shape index (κ2) is 30.0. The van der Waals surface area contributed by atoms with Gasteiger partial charge < -0.3 is 42.6 Å². The van der Waals surface area contributed by atoms with Crippen LogP contribution in [0.3, 0.4) is 0 Å². The Bertz CT molecular complexity index is 1140. The highest BCUT2D eigenvalue weighted by atomic mass is 19.4. The van der Waals surface area contributed by atoms with Crippen molar-refractivity contribution in [3.05, 3.63) is 0 Å². The molecule has 3 unspecified atom stereocenters. The van der Waals surface area contributed by atoms with Crippen LogP contribution in [0, 0.1) is 53.3 Å². The fraction of sp³-hybridized carbons (Fsp3) is 0.763. The molecule has 0 aliphatic rings. The van der Waals surface area contributed by atoms with Gasteiger partial charge >= 0.3 is 24.1 Å². The number of halogens is 3. The molecule has 0 saturated heterocycles. The molecule has 15 heteroatoms. The number of unbranched alkanes of at least 4 members (excludes halogenated alkanes) is 1. The zero-order valence-corrected chi connectivity index (χ0v) is 32.2. The Morgan fingerprint density at radius 1 is 0.528 bits per heavy atom. The second-order valence-corrected chi connectivity index (χ2v) is 12.5. The maximum absolute atomic E-state index is 12.6. The highest BCUT2D eigenvalue weighted by Crippen LogP contribution is 2.29. The molecule has 0 aromatic carbocycles. The molecule has 12 nitrogen and oxygen atoms in total. The summed E-state index contributed by atoms with van der Waals surface area (Å²) in [6.07, 6.45) is 13.8. The normalized spacial score (nSPS) is 14.4. The van der Waals surface area contributed by atoms with Gasteiger partial charge in [-0.25, -0.2) is 4.79 Å². The molecule has 0 spiro atoms. The first-order chi connectivity index (χ1) is 25.1. The third-order valence-electron chi connectivity index (χ3n) is 8.02. The quantitative estimate of drug-likeness (QED) is 0.0448. The van der Waals surface area contributed by atoms with Crippen molar-refractivity contribution in [2.45, 2.75) is 72.9 Å². The molecule has 3 atom stereocenters. The van der Waals surface area contributed by atoms with Crippen molar-refractivity contribution >= 4 is 17.9 Å². The van der Waals surface area contributed by atoms with Gasteiger partial charge in [0.2, 0.25) is 0 Å². The Balaban J connectivity index is 0. The molecule has 0 fully saturated rings. The molecule has 0 N–H and O–H groups in total. The minimum atomic E-state index is -5.12. The lowest BCUT2D eigenvalue weighted by Gasteiger charge is -2.35. The molecule has 53 heavy (non-hydrogen) atoms. The van der Waals surface area contributed by atoms with Crippen LogP contribution in [-0.4, -0.2) is 124 Å². The van der Waals surface area contributed by atoms with Crippen LogP contribution in [0.2, 0.25) is 0 Å². The van der Waals surface area contributed by atoms with Gasteiger partial charge in [-0.15, -0.1) is 19.3 Å². The molecule has 304 valence electrons. The first-order valence-corrected chi connectivity index (χ1v) is 17.3. The summed E-state index contributed by atoms with van der Waals surface area (Å²) in [6.45, 7) is 10.7. The van der Waals surface area contributed by atoms with E-state index in [1.54, 1.807) is 14.0 Å². The van der Waals surface area contributed by atoms with Gasteiger partial charge in [0.15, 0.2) is 0 Å². The Labute approximate surface area is 313 Å². The van der Waals surface area contributed by atoms with E-state index in [-0.39, 0.29) is 64.1 Å². The van der Waals surface area contributed by atoms with E-state index < -0.39 is 35.6 Å². The van der Waals surface area contributed by atoms with Crippen LogP contribution in [0.15, 0.2) is 0 Å². The zero-order valence-electron chi connectivity index (χ0n) is 32.2. The molecule has 0 bridgehead atoms. The third-order valence-corrected chi connectivity index (χ3v) is 8.02. The molecule has 0 heterocycles. The fourth-order valence-electron chi connectivity index (χ4n) is 4.43. The summed E-state index contributed by atoms with van der Waals surface area (Å²) in [5, 5.41) is 0. The second-order valence-electron chi connectivity index (χ2n) is 12.5. The van der Waals surface area contributed by atoms with E-state index in [1.165, 1.54) is 13.8 Å². The van der Waals surface area contributed by atoms with Gasteiger partial charge in [0, 0.05) is 33.0 Å². The van der Waals surface area contributed by atoms with Crippen LogP contribution in [0.25, 0.3) is 0 Å². The third kappa shape index (κ3) is 25.3. The van der Waals surface area contributed by atoms with Crippen molar-refractivity contribution in [1.82, 2.24) is 0 Å². The zero-order chi connectivity index (χ0) is 40.7. The van der Waals surface area contributed by atoms with Crippen molar-refractivity contribution in [3.8, 4) is 37.0 Å². The lowest BCUT2D eigenvalue weighted by Crippen LogP contribution is -2.42. The number of carbonyl (C=O) groups is 3. The summed E-state index contributed by atoms with van der Waals surface area (Å²) in [6, 6.07) is 0. The molecule has 0 saturated carbocycles. The van der Waals surface area contributed by atoms with Crippen LogP contribution < -0.4 is 0 Å². The van der Waals surface area contributed by atoms with E-state index in [9.17, 15) is 27.6 Å². The van der Waals surface area contributed by atoms with Gasteiger partial charge in [-0.2, -0.15) is 13.2 Å². The average Bonchev–Trinajstić information content (AvgIpc) is 3.11. The number of carbonyl (C=O) groups excluding carboxylic acids is 3. The van der Waals surface area contributed by atoms with Crippen molar-refractivity contribution in [2.75, 3.05) is 99.6 Å². The van der Waals surface area contributed by atoms with Gasteiger partial charge in [-0.3, -0.25) is 9.59 Å². The number of terminal acetylenes is 3. The Kier molecular flexibility index (Phi) is 29.3. The van der Waals surface area contributed by atoms with E-state index in [4.69, 9.17) is 57.2 Å². The van der Waals surface area contributed by atoms with Crippen LogP contribution in [0.5, 0.6) is 0 Å². The smallest absolute Gasteiger partial charge is 0.466 e. The van der Waals surface area contributed by atoms with Crippen LogP contribution >= 0.6 is 0 Å². The first kappa shape index (κ1) is 51.7. The molecular formula is C38H59F3O12. The maximum atomic E-state index is 12.6. The topological polar surface area (TPSA) is 134 Å². The minimum absolute atomic E-state index is 0.000811. The van der Waals surface area contributed by atoms with Crippen molar-refractivity contribution in [1.29, 1.82) is 0 Å². The number of ether oxygens (including phenoxy) is 9. The highest BCUT2D eigenvalue weighted by molar-refractivity contribution is 5.75. The maximum Gasteiger partial charge on any atom is 0.490 e. The first-order valence-electron chi connectivity index (χ1n) is 17.3. The van der Waals surface area contributed by atoms with E-state index in [2.05, 4.69) is 29.4 Å². The van der Waals surface area contributed by atoms with Gasteiger partial charge in [0.25, 0.3) is 0 Å². The molecule has 0 aliphatic heterocycles. The van der Waals surface area contributed by atoms with Crippen molar-refractivity contribution < 1.29 is 70.2 Å². The van der Waals surface area contributed by atoms with Gasteiger partial charge in [-0.1, -0.05) is 38.5 Å². The summed E-state index contributed by atoms with van der Waals surface area (Å²) in [7, 11) is 1.67. The number of esters is 3. The van der Waals surface area contributed by atoms with Gasteiger partial charge in [0.05, 0.1) is 63.7 Å².